The second kappa shape index (κ2) is 18.1. The Morgan fingerprint density at radius 2 is 1.07 bits per heavy atom. The average molecular weight is 555 g/mol. The molecule has 3 aromatic carbocycles. The molecule has 40 heavy (non-hydrogen) atoms. The van der Waals surface area contributed by atoms with Gasteiger partial charge in [0.05, 0.1) is 13.2 Å². The lowest BCUT2D eigenvalue weighted by Crippen LogP contribution is -2.24. The number of unbranched alkanes of at least 4 members (excludes halogenated alkanes) is 6. The third kappa shape index (κ3) is 9.91. The summed E-state index contributed by atoms with van der Waals surface area (Å²) in [5, 5.41) is 24.8. The summed E-state index contributed by atoms with van der Waals surface area (Å²) in [6.07, 6.45) is 8.57. The van der Waals surface area contributed by atoms with Crippen LogP contribution in [0.1, 0.15) is 77.7 Å². The Hall–Kier alpha value is -2.38. The zero-order chi connectivity index (χ0) is 28.6. The minimum absolute atomic E-state index is 0.137. The molecule has 0 saturated carbocycles. The first kappa shape index (κ1) is 32.1. The van der Waals surface area contributed by atoms with E-state index in [0.717, 1.165) is 65.1 Å². The van der Waals surface area contributed by atoms with Crippen LogP contribution in [0.15, 0.2) is 42.5 Å². The number of hydrogen-bond acceptors (Lipinski definition) is 6. The number of aliphatic hydroxyl groups is 2. The second-order valence-corrected chi connectivity index (χ2v) is 10.6. The molecule has 0 bridgehead atoms. The lowest BCUT2D eigenvalue weighted by molar-refractivity contribution is 0.0111. The maximum Gasteiger partial charge on any atom is 0.135 e. The monoisotopic (exact) mass is 554 g/mol. The van der Waals surface area contributed by atoms with E-state index in [-0.39, 0.29) is 26.4 Å². The highest BCUT2D eigenvalue weighted by molar-refractivity contribution is 6.11. The summed E-state index contributed by atoms with van der Waals surface area (Å²) >= 11 is 0. The summed E-state index contributed by atoms with van der Waals surface area (Å²) < 4.78 is 24.0. The van der Waals surface area contributed by atoms with Crippen LogP contribution in [0.3, 0.4) is 0 Å². The van der Waals surface area contributed by atoms with E-state index in [0.29, 0.717) is 13.2 Å². The van der Waals surface area contributed by atoms with Crippen LogP contribution in [0.25, 0.3) is 21.5 Å². The Kier molecular flexibility index (Phi) is 14.6. The van der Waals surface area contributed by atoms with Crippen LogP contribution in [-0.2, 0) is 15.9 Å². The van der Waals surface area contributed by atoms with Gasteiger partial charge in [-0.05, 0) is 30.9 Å². The number of ether oxygens (including phenoxy) is 4. The first-order chi connectivity index (χ1) is 19.6. The number of rotatable bonds is 21. The first-order valence-corrected chi connectivity index (χ1v) is 15.3. The number of benzene rings is 3. The SMILES string of the molecule is CCCCCCOCC(O)COc1c2ccccc2c(OCC(O)COCCCCCC)c2cc(CC)ccc12. The third-order valence-electron chi connectivity index (χ3n) is 7.14. The Morgan fingerprint density at radius 3 is 1.57 bits per heavy atom. The minimum Gasteiger partial charge on any atom is -0.489 e. The summed E-state index contributed by atoms with van der Waals surface area (Å²) in [7, 11) is 0. The molecule has 0 fully saturated rings. The predicted molar refractivity (Wildman–Crippen MR) is 164 cm³/mol. The van der Waals surface area contributed by atoms with Crippen molar-refractivity contribution in [2.24, 2.45) is 0 Å². The van der Waals surface area contributed by atoms with Crippen molar-refractivity contribution < 1.29 is 29.2 Å². The largest absolute Gasteiger partial charge is 0.489 e. The van der Waals surface area contributed by atoms with E-state index in [1.165, 1.54) is 31.2 Å². The van der Waals surface area contributed by atoms with Crippen molar-refractivity contribution in [1.82, 2.24) is 0 Å². The molecule has 0 aliphatic carbocycles. The fourth-order valence-corrected chi connectivity index (χ4v) is 4.83. The fourth-order valence-electron chi connectivity index (χ4n) is 4.83. The van der Waals surface area contributed by atoms with Gasteiger partial charge in [-0.2, -0.15) is 0 Å². The maximum absolute atomic E-state index is 10.6. The predicted octanol–water partition coefficient (Wildman–Crippen LogP) is 7.23. The minimum atomic E-state index is -0.720. The van der Waals surface area contributed by atoms with E-state index >= 15 is 0 Å². The molecule has 2 N–H and O–H groups in total. The van der Waals surface area contributed by atoms with Gasteiger partial charge in [0.1, 0.15) is 36.9 Å². The Bertz CT molecular complexity index is 1130. The molecule has 0 heterocycles. The molecule has 3 aromatic rings. The summed E-state index contributed by atoms with van der Waals surface area (Å²) in [5.41, 5.74) is 1.19. The molecule has 0 spiro atoms. The molecule has 222 valence electrons. The van der Waals surface area contributed by atoms with Crippen LogP contribution in [0.5, 0.6) is 11.5 Å². The van der Waals surface area contributed by atoms with Crippen molar-refractivity contribution in [2.45, 2.75) is 90.8 Å². The summed E-state index contributed by atoms with van der Waals surface area (Å²) in [4.78, 5) is 0. The van der Waals surface area contributed by atoms with Crippen LogP contribution < -0.4 is 9.47 Å². The van der Waals surface area contributed by atoms with Gasteiger partial charge in [0.2, 0.25) is 0 Å². The third-order valence-corrected chi connectivity index (χ3v) is 7.14. The van der Waals surface area contributed by atoms with Gasteiger partial charge in [-0.25, -0.2) is 0 Å². The van der Waals surface area contributed by atoms with Crippen LogP contribution in [0.4, 0.5) is 0 Å². The standard InChI is InChI=1S/C34H50O6/c1-4-7-9-13-19-37-22-27(35)24-39-33-29-15-11-12-16-30(29)34(32-21-26(6-3)17-18-31(32)33)40-25-28(36)23-38-20-14-10-8-5-2/h11-12,15-18,21,27-28,35-36H,4-10,13-14,19-20,22-25H2,1-3H3. The van der Waals surface area contributed by atoms with Gasteiger partial charge in [0.15, 0.2) is 0 Å². The molecule has 0 aromatic heterocycles. The van der Waals surface area contributed by atoms with E-state index in [2.05, 4.69) is 39.0 Å². The van der Waals surface area contributed by atoms with Gasteiger partial charge in [-0.15, -0.1) is 0 Å². The normalized spacial score (nSPS) is 13.1. The number of aryl methyl sites for hydroxylation is 1. The van der Waals surface area contributed by atoms with Crippen LogP contribution in [-0.4, -0.2) is 62.1 Å². The van der Waals surface area contributed by atoms with Crippen LogP contribution >= 0.6 is 0 Å². The zero-order valence-electron chi connectivity index (χ0n) is 24.8. The lowest BCUT2D eigenvalue weighted by Gasteiger charge is -2.21. The average Bonchev–Trinajstić information content (AvgIpc) is 2.98. The van der Waals surface area contributed by atoms with E-state index in [9.17, 15) is 10.2 Å². The maximum atomic E-state index is 10.6. The van der Waals surface area contributed by atoms with Crippen molar-refractivity contribution in [1.29, 1.82) is 0 Å². The fraction of sp³-hybridized carbons (Fsp3) is 0.588. The van der Waals surface area contributed by atoms with E-state index in [1.807, 2.05) is 24.3 Å². The van der Waals surface area contributed by atoms with Crippen LogP contribution in [0.2, 0.25) is 0 Å². The Balaban J connectivity index is 1.74. The van der Waals surface area contributed by atoms with E-state index in [4.69, 9.17) is 18.9 Å². The molecular formula is C34H50O6. The molecule has 3 rings (SSSR count). The second-order valence-electron chi connectivity index (χ2n) is 10.6. The quantitative estimate of drug-likeness (QED) is 0.107. The van der Waals surface area contributed by atoms with Crippen LogP contribution in [0, 0.1) is 0 Å². The molecule has 2 atom stereocenters. The first-order valence-electron chi connectivity index (χ1n) is 15.3. The molecule has 0 aliphatic heterocycles. The van der Waals surface area contributed by atoms with Gasteiger partial charge in [0.25, 0.3) is 0 Å². The van der Waals surface area contributed by atoms with Gasteiger partial charge in [-0.3, -0.25) is 0 Å². The zero-order valence-corrected chi connectivity index (χ0v) is 24.8. The summed E-state index contributed by atoms with van der Waals surface area (Å²) in [6, 6.07) is 14.3. The molecular weight excluding hydrogens is 504 g/mol. The molecule has 0 aliphatic rings. The smallest absolute Gasteiger partial charge is 0.135 e. The van der Waals surface area contributed by atoms with Crippen molar-refractivity contribution in [3.63, 3.8) is 0 Å². The van der Waals surface area contributed by atoms with Gasteiger partial charge < -0.3 is 29.2 Å². The lowest BCUT2D eigenvalue weighted by atomic mass is 9.98. The molecule has 6 nitrogen and oxygen atoms in total. The molecule has 0 radical (unpaired) electrons. The molecule has 0 amide bonds. The Morgan fingerprint density at radius 1 is 0.575 bits per heavy atom. The topological polar surface area (TPSA) is 77.4 Å². The van der Waals surface area contributed by atoms with Crippen molar-refractivity contribution >= 4 is 21.5 Å². The molecule has 6 heteroatoms. The van der Waals surface area contributed by atoms with E-state index in [1.54, 1.807) is 0 Å². The molecule has 2 unspecified atom stereocenters. The van der Waals surface area contributed by atoms with Crippen molar-refractivity contribution in [3.8, 4) is 11.5 Å². The van der Waals surface area contributed by atoms with Crippen molar-refractivity contribution in [3.05, 3.63) is 48.0 Å². The van der Waals surface area contributed by atoms with Gasteiger partial charge >= 0.3 is 0 Å². The van der Waals surface area contributed by atoms with E-state index < -0.39 is 12.2 Å². The van der Waals surface area contributed by atoms with Gasteiger partial charge in [0, 0.05) is 34.8 Å². The highest BCUT2D eigenvalue weighted by Gasteiger charge is 2.19. The summed E-state index contributed by atoms with van der Waals surface area (Å²) in [6.45, 7) is 8.59. The summed E-state index contributed by atoms with van der Waals surface area (Å²) in [5.74, 6) is 1.45. The number of fused-ring (bicyclic) bond motifs is 2. The van der Waals surface area contributed by atoms with Crippen molar-refractivity contribution in [2.75, 3.05) is 39.6 Å². The van der Waals surface area contributed by atoms with Gasteiger partial charge in [-0.1, -0.05) is 95.7 Å². The highest BCUT2D eigenvalue weighted by Crippen LogP contribution is 2.43. The number of aliphatic hydroxyl groups excluding tert-OH is 2. The highest BCUT2D eigenvalue weighted by atomic mass is 16.5. The Labute approximate surface area is 240 Å². The molecule has 0 saturated heterocycles. The number of hydrogen-bond donors (Lipinski definition) is 2.